The van der Waals surface area contributed by atoms with Crippen LogP contribution in [0.25, 0.3) is 0 Å². The smallest absolute Gasteiger partial charge is 0.165 e. The zero-order valence-electron chi connectivity index (χ0n) is 7.40. The molecule has 1 aromatic heterocycles. The van der Waals surface area contributed by atoms with E-state index >= 15 is 0 Å². The number of nitrogens with zero attached hydrogens (tertiary/aromatic N) is 1. The third kappa shape index (κ3) is 2.62. The number of rotatable bonds is 3. The van der Waals surface area contributed by atoms with Crippen LogP contribution in [0.5, 0.6) is 0 Å². The van der Waals surface area contributed by atoms with Gasteiger partial charge in [0.15, 0.2) is 5.16 Å². The van der Waals surface area contributed by atoms with Crippen molar-refractivity contribution in [1.29, 1.82) is 0 Å². The van der Waals surface area contributed by atoms with E-state index in [0.29, 0.717) is 0 Å². The summed E-state index contributed by atoms with van der Waals surface area (Å²) < 4.78 is 1.12. The van der Waals surface area contributed by atoms with Gasteiger partial charge in [-0.25, -0.2) is 4.98 Å². The highest BCUT2D eigenvalue weighted by molar-refractivity contribution is 9.10. The minimum absolute atomic E-state index is 0.937. The Morgan fingerprint density at radius 3 is 3.07 bits per heavy atom. The summed E-state index contributed by atoms with van der Waals surface area (Å²) in [6, 6.07) is 8.31. The quantitative estimate of drug-likeness (QED) is 0.864. The van der Waals surface area contributed by atoms with Crippen LogP contribution in [-0.4, -0.2) is 9.97 Å². The fourth-order valence-corrected chi connectivity index (χ4v) is 2.32. The number of benzene rings is 1. The van der Waals surface area contributed by atoms with Crippen molar-refractivity contribution >= 4 is 27.7 Å². The number of H-pyrrole nitrogens is 1. The number of aromatic nitrogens is 2. The molecule has 1 N–H and O–H groups in total. The average molecular weight is 269 g/mol. The van der Waals surface area contributed by atoms with Crippen molar-refractivity contribution in [2.75, 3.05) is 0 Å². The van der Waals surface area contributed by atoms with Crippen LogP contribution in [0.2, 0.25) is 0 Å². The van der Waals surface area contributed by atoms with E-state index in [-0.39, 0.29) is 0 Å². The fourth-order valence-electron chi connectivity index (χ4n) is 1.11. The van der Waals surface area contributed by atoms with Crippen molar-refractivity contribution in [3.63, 3.8) is 0 Å². The Morgan fingerprint density at radius 2 is 2.36 bits per heavy atom. The highest BCUT2D eigenvalue weighted by Crippen LogP contribution is 2.20. The van der Waals surface area contributed by atoms with E-state index in [1.165, 1.54) is 5.56 Å². The van der Waals surface area contributed by atoms with Crippen LogP contribution in [0, 0.1) is 0 Å². The van der Waals surface area contributed by atoms with Gasteiger partial charge in [-0.2, -0.15) is 0 Å². The molecule has 2 rings (SSSR count). The number of nitrogens with one attached hydrogen (secondary N) is 1. The third-order valence-electron chi connectivity index (χ3n) is 1.74. The summed E-state index contributed by atoms with van der Waals surface area (Å²) in [5.41, 5.74) is 1.29. The topological polar surface area (TPSA) is 28.7 Å². The largest absolute Gasteiger partial charge is 0.340 e. The Balaban J connectivity index is 1.98. The van der Waals surface area contributed by atoms with Gasteiger partial charge in [-0.1, -0.05) is 39.8 Å². The maximum atomic E-state index is 4.15. The first kappa shape index (κ1) is 9.80. The number of thioether (sulfide) groups is 1. The molecule has 0 saturated heterocycles. The van der Waals surface area contributed by atoms with E-state index in [1.807, 2.05) is 18.3 Å². The minimum atomic E-state index is 0.937. The van der Waals surface area contributed by atoms with Gasteiger partial charge in [-0.05, 0) is 17.7 Å². The molecule has 72 valence electrons. The van der Waals surface area contributed by atoms with Gasteiger partial charge < -0.3 is 4.98 Å². The summed E-state index contributed by atoms with van der Waals surface area (Å²) in [6.07, 6.45) is 3.60. The minimum Gasteiger partial charge on any atom is -0.340 e. The molecule has 0 unspecified atom stereocenters. The van der Waals surface area contributed by atoms with Crippen LogP contribution in [0.4, 0.5) is 0 Å². The molecule has 2 aromatic rings. The van der Waals surface area contributed by atoms with Crippen molar-refractivity contribution in [1.82, 2.24) is 9.97 Å². The maximum absolute atomic E-state index is 4.15. The van der Waals surface area contributed by atoms with E-state index in [9.17, 15) is 0 Å². The molecule has 4 heteroatoms. The van der Waals surface area contributed by atoms with Crippen molar-refractivity contribution in [3.05, 3.63) is 46.7 Å². The molecule has 0 radical (unpaired) electrons. The summed E-state index contributed by atoms with van der Waals surface area (Å²) in [4.78, 5) is 7.21. The SMILES string of the molecule is Brc1cccc(CSc2ncc[nH]2)c1. The molecule has 0 fully saturated rings. The van der Waals surface area contributed by atoms with Crippen molar-refractivity contribution in [3.8, 4) is 0 Å². The van der Waals surface area contributed by atoms with Gasteiger partial charge in [-0.3, -0.25) is 0 Å². The second kappa shape index (κ2) is 4.66. The zero-order chi connectivity index (χ0) is 9.80. The third-order valence-corrected chi connectivity index (χ3v) is 3.21. The van der Waals surface area contributed by atoms with Gasteiger partial charge in [0, 0.05) is 22.6 Å². The number of hydrogen-bond donors (Lipinski definition) is 1. The molecule has 0 aliphatic carbocycles. The van der Waals surface area contributed by atoms with E-state index in [0.717, 1.165) is 15.4 Å². The number of halogens is 1. The maximum Gasteiger partial charge on any atom is 0.165 e. The Labute approximate surface area is 95.3 Å². The standard InChI is InChI=1S/C10H9BrN2S/c11-9-3-1-2-8(6-9)7-14-10-12-4-5-13-10/h1-6H,7H2,(H,12,13). The monoisotopic (exact) mass is 268 g/mol. The van der Waals surface area contributed by atoms with Crippen LogP contribution in [0.15, 0.2) is 46.3 Å². The lowest BCUT2D eigenvalue weighted by molar-refractivity contribution is 1.06. The molecule has 0 aliphatic heterocycles. The number of hydrogen-bond acceptors (Lipinski definition) is 2. The first-order chi connectivity index (χ1) is 6.84. The average Bonchev–Trinajstić information content (AvgIpc) is 2.67. The van der Waals surface area contributed by atoms with Crippen molar-refractivity contribution < 1.29 is 0 Å². The second-order valence-corrected chi connectivity index (χ2v) is 4.69. The van der Waals surface area contributed by atoms with Crippen molar-refractivity contribution in [2.24, 2.45) is 0 Å². The highest BCUT2D eigenvalue weighted by atomic mass is 79.9. The lowest BCUT2D eigenvalue weighted by atomic mass is 10.2. The molecule has 2 nitrogen and oxygen atoms in total. The molecule has 0 bridgehead atoms. The Bertz CT molecular complexity index is 400. The molecule has 0 aliphatic rings. The number of aromatic amines is 1. The molecule has 0 saturated carbocycles. The van der Waals surface area contributed by atoms with Gasteiger partial charge >= 0.3 is 0 Å². The fraction of sp³-hybridized carbons (Fsp3) is 0.100. The van der Waals surface area contributed by atoms with E-state index in [2.05, 4.69) is 38.0 Å². The molecule has 0 amide bonds. The van der Waals surface area contributed by atoms with Gasteiger partial charge in [0.1, 0.15) is 0 Å². The van der Waals surface area contributed by atoms with Crippen LogP contribution in [-0.2, 0) is 5.75 Å². The molecule has 1 aromatic carbocycles. The summed E-state index contributed by atoms with van der Waals surface area (Å²) in [6.45, 7) is 0. The van der Waals surface area contributed by atoms with Crippen LogP contribution >= 0.6 is 27.7 Å². The Kier molecular flexibility index (Phi) is 3.26. The van der Waals surface area contributed by atoms with Gasteiger partial charge in [0.25, 0.3) is 0 Å². The first-order valence-electron chi connectivity index (χ1n) is 4.21. The van der Waals surface area contributed by atoms with Gasteiger partial charge in [0.2, 0.25) is 0 Å². The summed E-state index contributed by atoms with van der Waals surface area (Å²) in [5.74, 6) is 0.937. The lowest BCUT2D eigenvalue weighted by Gasteiger charge is -1.99. The molecule has 0 spiro atoms. The van der Waals surface area contributed by atoms with E-state index in [1.54, 1.807) is 18.0 Å². The zero-order valence-corrected chi connectivity index (χ0v) is 9.81. The lowest BCUT2D eigenvalue weighted by Crippen LogP contribution is -1.81. The predicted octanol–water partition coefficient (Wildman–Crippen LogP) is 3.46. The Hall–Kier alpha value is -0.740. The van der Waals surface area contributed by atoms with E-state index < -0.39 is 0 Å². The molecule has 1 heterocycles. The molecule has 14 heavy (non-hydrogen) atoms. The normalized spacial score (nSPS) is 10.4. The van der Waals surface area contributed by atoms with Crippen LogP contribution < -0.4 is 0 Å². The van der Waals surface area contributed by atoms with Crippen molar-refractivity contribution in [2.45, 2.75) is 10.9 Å². The van der Waals surface area contributed by atoms with E-state index in [4.69, 9.17) is 0 Å². The number of imidazole rings is 1. The predicted molar refractivity (Wildman–Crippen MR) is 62.3 cm³/mol. The summed E-state index contributed by atoms with van der Waals surface area (Å²) in [5, 5.41) is 0.963. The van der Waals surface area contributed by atoms with Gasteiger partial charge in [0.05, 0.1) is 0 Å². The highest BCUT2D eigenvalue weighted by Gasteiger charge is 1.97. The summed E-state index contributed by atoms with van der Waals surface area (Å²) in [7, 11) is 0. The molecular weight excluding hydrogens is 260 g/mol. The van der Waals surface area contributed by atoms with Gasteiger partial charge in [-0.15, -0.1) is 0 Å². The first-order valence-corrected chi connectivity index (χ1v) is 5.99. The van der Waals surface area contributed by atoms with Crippen LogP contribution in [0.3, 0.4) is 0 Å². The summed E-state index contributed by atoms with van der Waals surface area (Å²) >= 11 is 5.15. The molecular formula is C10H9BrN2S. The van der Waals surface area contributed by atoms with Crippen LogP contribution in [0.1, 0.15) is 5.56 Å². The molecule has 0 atom stereocenters. The second-order valence-electron chi connectivity index (χ2n) is 2.81. The Morgan fingerprint density at radius 1 is 1.43 bits per heavy atom.